The Morgan fingerprint density at radius 1 is 1.28 bits per heavy atom. The van der Waals surface area contributed by atoms with Crippen LogP contribution in [0.15, 0.2) is 35.4 Å². The van der Waals surface area contributed by atoms with Gasteiger partial charge < -0.3 is 14.8 Å². The number of fused-ring (bicyclic) bond motifs is 1. The number of carboxylic acids is 1. The molecular weight excluding hydrogens is 322 g/mol. The number of nitrogens with zero attached hydrogens (tertiary/aromatic N) is 3. The first-order valence-electron chi connectivity index (χ1n) is 8.39. The van der Waals surface area contributed by atoms with Crippen LogP contribution in [0.3, 0.4) is 0 Å². The van der Waals surface area contributed by atoms with E-state index < -0.39 is 18.1 Å². The molecule has 1 saturated heterocycles. The van der Waals surface area contributed by atoms with Gasteiger partial charge >= 0.3 is 0 Å². The summed E-state index contributed by atoms with van der Waals surface area (Å²) in [7, 11) is 0. The molecule has 0 bridgehead atoms. The minimum absolute atomic E-state index is 0.198. The van der Waals surface area contributed by atoms with Gasteiger partial charge in [-0.05, 0) is 30.9 Å². The van der Waals surface area contributed by atoms with E-state index in [9.17, 15) is 19.5 Å². The highest BCUT2D eigenvalue weighted by atomic mass is 16.4. The van der Waals surface area contributed by atoms with Gasteiger partial charge in [0, 0.05) is 6.54 Å². The van der Waals surface area contributed by atoms with Crippen LogP contribution in [0.2, 0.25) is 0 Å². The van der Waals surface area contributed by atoms with Gasteiger partial charge in [-0.15, -0.1) is 0 Å². The summed E-state index contributed by atoms with van der Waals surface area (Å²) in [6.45, 7) is 4.01. The Morgan fingerprint density at radius 3 is 2.68 bits per heavy atom. The van der Waals surface area contributed by atoms with Crippen molar-refractivity contribution in [3.63, 3.8) is 0 Å². The lowest BCUT2D eigenvalue weighted by Gasteiger charge is -2.31. The highest BCUT2D eigenvalue weighted by molar-refractivity contribution is 5.86. The number of hydrogen-bond donors (Lipinski definition) is 0. The number of hydrogen-bond acceptors (Lipinski definition) is 5. The summed E-state index contributed by atoms with van der Waals surface area (Å²) in [5.74, 6) is -1.82. The van der Waals surface area contributed by atoms with Gasteiger partial charge in [0.2, 0.25) is 5.91 Å². The number of carboxylic acid groups (broad SMARTS) is 1. The van der Waals surface area contributed by atoms with E-state index in [-0.39, 0.29) is 17.4 Å². The molecule has 1 amide bonds. The fourth-order valence-corrected chi connectivity index (χ4v) is 3.45. The monoisotopic (exact) mass is 342 g/mol. The largest absolute Gasteiger partial charge is 0.548 e. The van der Waals surface area contributed by atoms with E-state index in [1.54, 1.807) is 24.3 Å². The van der Waals surface area contributed by atoms with Crippen LogP contribution in [0.25, 0.3) is 10.9 Å². The van der Waals surface area contributed by atoms with E-state index in [1.165, 1.54) is 15.8 Å². The second-order valence-corrected chi connectivity index (χ2v) is 6.67. The number of carbonyl (C=O) groups excluding carboxylic acids is 2. The zero-order chi connectivity index (χ0) is 18.1. The predicted octanol–water partition coefficient (Wildman–Crippen LogP) is 0.334. The summed E-state index contributed by atoms with van der Waals surface area (Å²) in [5, 5.41) is 11.7. The van der Waals surface area contributed by atoms with Gasteiger partial charge in [0.05, 0.1) is 29.2 Å². The SMILES string of the molecule is CC(C)[C@@H](C(=O)N1CCC[C@@H]1C(=O)[O-])n1cnc2ccccc2c1=O. The Hall–Kier alpha value is -2.70. The summed E-state index contributed by atoms with van der Waals surface area (Å²) < 4.78 is 1.32. The van der Waals surface area contributed by atoms with Crippen molar-refractivity contribution in [2.24, 2.45) is 5.92 Å². The van der Waals surface area contributed by atoms with Crippen molar-refractivity contribution >= 4 is 22.8 Å². The van der Waals surface area contributed by atoms with Crippen molar-refractivity contribution in [1.82, 2.24) is 14.5 Å². The van der Waals surface area contributed by atoms with Crippen LogP contribution >= 0.6 is 0 Å². The van der Waals surface area contributed by atoms with Crippen LogP contribution in [0.4, 0.5) is 0 Å². The normalized spacial score (nSPS) is 18.7. The van der Waals surface area contributed by atoms with Crippen molar-refractivity contribution in [2.45, 2.75) is 38.8 Å². The van der Waals surface area contributed by atoms with E-state index in [0.29, 0.717) is 30.3 Å². The van der Waals surface area contributed by atoms with Crippen molar-refractivity contribution in [2.75, 3.05) is 6.54 Å². The molecule has 1 aliphatic rings. The van der Waals surface area contributed by atoms with Gasteiger partial charge in [-0.3, -0.25) is 14.2 Å². The van der Waals surface area contributed by atoms with Crippen LogP contribution in [-0.2, 0) is 9.59 Å². The van der Waals surface area contributed by atoms with E-state index >= 15 is 0 Å². The number of carbonyl (C=O) groups is 2. The lowest BCUT2D eigenvalue weighted by Crippen LogP contribution is -2.50. The molecule has 0 radical (unpaired) electrons. The summed E-state index contributed by atoms with van der Waals surface area (Å²) >= 11 is 0. The van der Waals surface area contributed by atoms with Gasteiger partial charge in [0.1, 0.15) is 6.04 Å². The smallest absolute Gasteiger partial charge is 0.261 e. The Kier molecular flexibility index (Phi) is 4.57. The van der Waals surface area contributed by atoms with Crippen LogP contribution in [0, 0.1) is 5.92 Å². The van der Waals surface area contributed by atoms with E-state index in [2.05, 4.69) is 4.98 Å². The molecule has 0 aliphatic carbocycles. The maximum atomic E-state index is 13.0. The van der Waals surface area contributed by atoms with Gasteiger partial charge in [-0.25, -0.2) is 4.98 Å². The number of rotatable bonds is 4. The predicted molar refractivity (Wildman–Crippen MR) is 89.6 cm³/mol. The average Bonchev–Trinajstić information content (AvgIpc) is 3.07. The molecule has 132 valence electrons. The molecular formula is C18H20N3O4-. The fourth-order valence-electron chi connectivity index (χ4n) is 3.45. The highest BCUT2D eigenvalue weighted by Gasteiger charge is 2.36. The number of benzene rings is 1. The minimum atomic E-state index is -1.25. The molecule has 0 unspecified atom stereocenters. The maximum Gasteiger partial charge on any atom is 0.261 e. The summed E-state index contributed by atoms with van der Waals surface area (Å²) in [6.07, 6.45) is 2.36. The minimum Gasteiger partial charge on any atom is -0.548 e. The van der Waals surface area contributed by atoms with E-state index in [1.807, 2.05) is 13.8 Å². The molecule has 2 atom stereocenters. The Bertz CT molecular complexity index is 874. The molecule has 1 aromatic carbocycles. The van der Waals surface area contributed by atoms with Crippen LogP contribution in [0.5, 0.6) is 0 Å². The average molecular weight is 342 g/mol. The first kappa shape index (κ1) is 17.1. The van der Waals surface area contributed by atoms with Gasteiger partial charge in [0.25, 0.3) is 5.56 Å². The topological polar surface area (TPSA) is 95.3 Å². The second-order valence-electron chi connectivity index (χ2n) is 6.67. The molecule has 1 aromatic heterocycles. The lowest BCUT2D eigenvalue weighted by atomic mass is 10.0. The van der Waals surface area contributed by atoms with Crippen molar-refractivity contribution in [3.05, 3.63) is 40.9 Å². The van der Waals surface area contributed by atoms with Crippen molar-refractivity contribution in [1.29, 1.82) is 0 Å². The molecule has 0 spiro atoms. The first-order chi connectivity index (χ1) is 11.9. The number of aliphatic carboxylic acids is 1. The van der Waals surface area contributed by atoms with Crippen LogP contribution in [0.1, 0.15) is 32.7 Å². The molecule has 7 nitrogen and oxygen atoms in total. The van der Waals surface area contributed by atoms with Crippen molar-refractivity contribution in [3.8, 4) is 0 Å². The fraction of sp³-hybridized carbons (Fsp3) is 0.444. The maximum absolute atomic E-state index is 13.0. The lowest BCUT2D eigenvalue weighted by molar-refractivity contribution is -0.310. The number of amides is 1. The van der Waals surface area contributed by atoms with Crippen molar-refractivity contribution < 1.29 is 14.7 Å². The van der Waals surface area contributed by atoms with Crippen LogP contribution < -0.4 is 10.7 Å². The summed E-state index contributed by atoms with van der Waals surface area (Å²) in [5.41, 5.74) is 0.259. The third kappa shape index (κ3) is 3.01. The molecule has 2 heterocycles. The second kappa shape index (κ2) is 6.66. The molecule has 25 heavy (non-hydrogen) atoms. The molecule has 0 N–H and O–H groups in total. The molecule has 7 heteroatoms. The molecule has 0 saturated carbocycles. The van der Waals surface area contributed by atoms with Gasteiger partial charge in [0.15, 0.2) is 0 Å². The third-order valence-electron chi connectivity index (χ3n) is 4.68. The molecule has 3 rings (SSSR count). The molecule has 1 aliphatic heterocycles. The highest BCUT2D eigenvalue weighted by Crippen LogP contribution is 2.25. The Morgan fingerprint density at radius 2 is 2.00 bits per heavy atom. The number of para-hydroxylation sites is 1. The van der Waals surface area contributed by atoms with E-state index in [0.717, 1.165) is 0 Å². The molecule has 1 fully saturated rings. The summed E-state index contributed by atoms with van der Waals surface area (Å²) in [6, 6.07) is 5.21. The van der Waals surface area contributed by atoms with E-state index in [4.69, 9.17) is 0 Å². The zero-order valence-corrected chi connectivity index (χ0v) is 14.2. The third-order valence-corrected chi connectivity index (χ3v) is 4.68. The number of aromatic nitrogens is 2. The summed E-state index contributed by atoms with van der Waals surface area (Å²) in [4.78, 5) is 42.8. The molecule has 2 aromatic rings. The standard InChI is InChI=1S/C18H21N3O4/c1-11(2)15(17(23)20-9-5-8-14(20)18(24)25)21-10-19-13-7-4-3-6-12(13)16(21)22/h3-4,6-7,10-11,14-15H,5,8-9H2,1-2H3,(H,24,25)/p-1/t14-,15+/m1/s1. The van der Waals surface area contributed by atoms with Crippen LogP contribution in [-0.4, -0.2) is 38.9 Å². The van der Waals surface area contributed by atoms with Gasteiger partial charge in [-0.1, -0.05) is 26.0 Å². The number of likely N-dealkylation sites (tertiary alicyclic amines) is 1. The quantitative estimate of drug-likeness (QED) is 0.798. The Balaban J connectivity index is 2.05. The van der Waals surface area contributed by atoms with Gasteiger partial charge in [-0.2, -0.15) is 0 Å². The Labute approximate surface area is 144 Å². The first-order valence-corrected chi connectivity index (χ1v) is 8.39. The zero-order valence-electron chi connectivity index (χ0n) is 14.2.